The van der Waals surface area contributed by atoms with E-state index in [0.29, 0.717) is 18.7 Å². The Morgan fingerprint density at radius 1 is 1.03 bits per heavy atom. The highest BCUT2D eigenvalue weighted by Crippen LogP contribution is 2.21. The van der Waals surface area contributed by atoms with E-state index in [-0.39, 0.29) is 17.7 Å². The molecule has 2 aromatic carbocycles. The number of nitrogens with one attached hydrogen (secondary N) is 2. The third-order valence-electron chi connectivity index (χ3n) is 5.80. The number of nitrogens with zero attached hydrogens (tertiary/aromatic N) is 1. The molecule has 0 unspecified atom stereocenters. The number of carbonyl (C=O) groups is 2. The van der Waals surface area contributed by atoms with Gasteiger partial charge in [-0.3, -0.25) is 9.59 Å². The van der Waals surface area contributed by atoms with E-state index in [0.717, 1.165) is 41.8 Å². The number of amides is 2. The summed E-state index contributed by atoms with van der Waals surface area (Å²) in [5.74, 6) is 0.273. The molecule has 154 valence electrons. The molecule has 1 aliphatic rings. The first-order chi connectivity index (χ1) is 14.6. The fraction of sp³-hybridized carbons (Fsp3) is 0.280. The number of H-pyrrole nitrogens is 1. The summed E-state index contributed by atoms with van der Waals surface area (Å²) in [5, 5.41) is 3.05. The Hall–Kier alpha value is -3.34. The summed E-state index contributed by atoms with van der Waals surface area (Å²) in [6, 6.07) is 19.6. The van der Waals surface area contributed by atoms with Gasteiger partial charge in [0, 0.05) is 37.1 Å². The van der Waals surface area contributed by atoms with Crippen molar-refractivity contribution >= 4 is 11.8 Å². The van der Waals surface area contributed by atoms with Crippen LogP contribution in [-0.2, 0) is 0 Å². The highest BCUT2D eigenvalue weighted by molar-refractivity contribution is 5.95. The van der Waals surface area contributed by atoms with E-state index in [1.807, 2.05) is 60.4 Å². The SMILES string of the molecule is Cc1[nH]ccc1C(=O)N1CCC[C@@H](CNC(=O)c2ccc(-c3ccccc3)cc2)C1. The van der Waals surface area contributed by atoms with Crippen LogP contribution in [0.15, 0.2) is 66.9 Å². The van der Waals surface area contributed by atoms with Crippen LogP contribution < -0.4 is 5.32 Å². The van der Waals surface area contributed by atoms with E-state index in [9.17, 15) is 9.59 Å². The summed E-state index contributed by atoms with van der Waals surface area (Å²) >= 11 is 0. The average molecular weight is 402 g/mol. The van der Waals surface area contributed by atoms with E-state index in [2.05, 4.69) is 22.4 Å². The van der Waals surface area contributed by atoms with Crippen LogP contribution in [0.3, 0.4) is 0 Å². The molecule has 2 heterocycles. The molecular weight excluding hydrogens is 374 g/mol. The van der Waals surface area contributed by atoms with Crippen molar-refractivity contribution in [1.82, 2.24) is 15.2 Å². The molecule has 0 spiro atoms. The first-order valence-electron chi connectivity index (χ1n) is 10.5. The van der Waals surface area contributed by atoms with Gasteiger partial charge in [0.2, 0.25) is 0 Å². The molecule has 1 atom stereocenters. The number of aryl methyl sites for hydroxylation is 1. The molecule has 0 saturated carbocycles. The van der Waals surface area contributed by atoms with Crippen molar-refractivity contribution < 1.29 is 9.59 Å². The zero-order valence-corrected chi connectivity index (χ0v) is 17.2. The number of rotatable bonds is 5. The normalized spacial score (nSPS) is 16.3. The van der Waals surface area contributed by atoms with Crippen molar-refractivity contribution in [3.05, 3.63) is 83.7 Å². The lowest BCUT2D eigenvalue weighted by molar-refractivity contribution is 0.0670. The standard InChI is InChI=1S/C25H27N3O2/c1-18-23(13-14-26-18)25(30)28-15-5-6-19(17-28)16-27-24(29)22-11-9-21(10-12-22)20-7-3-2-4-8-20/h2-4,7-14,19,26H,5-6,15-17H2,1H3,(H,27,29)/t19-/m0/s1. The highest BCUT2D eigenvalue weighted by Gasteiger charge is 2.26. The zero-order chi connectivity index (χ0) is 20.9. The molecule has 0 bridgehead atoms. The van der Waals surface area contributed by atoms with Crippen LogP contribution in [0, 0.1) is 12.8 Å². The summed E-state index contributed by atoms with van der Waals surface area (Å²) in [7, 11) is 0. The van der Waals surface area contributed by atoms with E-state index in [1.165, 1.54) is 0 Å². The number of aromatic amines is 1. The molecule has 1 fully saturated rings. The highest BCUT2D eigenvalue weighted by atomic mass is 16.2. The van der Waals surface area contributed by atoms with Gasteiger partial charge in [0.1, 0.15) is 0 Å². The second kappa shape index (κ2) is 8.99. The van der Waals surface area contributed by atoms with Crippen LogP contribution in [0.2, 0.25) is 0 Å². The molecule has 2 amide bonds. The van der Waals surface area contributed by atoms with Crippen molar-refractivity contribution in [2.75, 3.05) is 19.6 Å². The predicted molar refractivity (Wildman–Crippen MR) is 118 cm³/mol. The quantitative estimate of drug-likeness (QED) is 0.670. The monoisotopic (exact) mass is 401 g/mol. The van der Waals surface area contributed by atoms with Crippen LogP contribution in [0.1, 0.15) is 39.3 Å². The third-order valence-corrected chi connectivity index (χ3v) is 5.80. The summed E-state index contributed by atoms with van der Waals surface area (Å²) in [6.45, 7) is 3.94. The van der Waals surface area contributed by atoms with Gasteiger partial charge in [-0.25, -0.2) is 0 Å². The minimum atomic E-state index is -0.0699. The largest absolute Gasteiger partial charge is 0.365 e. The molecule has 3 aromatic rings. The van der Waals surface area contributed by atoms with Gasteiger partial charge in [0.25, 0.3) is 11.8 Å². The van der Waals surface area contributed by atoms with Crippen molar-refractivity contribution in [2.45, 2.75) is 19.8 Å². The van der Waals surface area contributed by atoms with Gasteiger partial charge in [-0.15, -0.1) is 0 Å². The molecule has 5 heteroatoms. The number of likely N-dealkylation sites (tertiary alicyclic amines) is 1. The first kappa shape index (κ1) is 20.0. The molecule has 0 aliphatic carbocycles. The van der Waals surface area contributed by atoms with Crippen molar-refractivity contribution in [3.63, 3.8) is 0 Å². The van der Waals surface area contributed by atoms with Gasteiger partial charge < -0.3 is 15.2 Å². The topological polar surface area (TPSA) is 65.2 Å². The molecule has 4 rings (SSSR count). The number of benzene rings is 2. The Balaban J connectivity index is 1.32. The molecule has 0 radical (unpaired) electrons. The maximum absolute atomic E-state index is 12.8. The average Bonchev–Trinajstić information content (AvgIpc) is 3.23. The molecule has 2 N–H and O–H groups in total. The lowest BCUT2D eigenvalue weighted by atomic mass is 9.97. The summed E-state index contributed by atoms with van der Waals surface area (Å²) in [4.78, 5) is 30.3. The summed E-state index contributed by atoms with van der Waals surface area (Å²) in [6.07, 6.45) is 3.78. The van der Waals surface area contributed by atoms with Gasteiger partial charge in [0.05, 0.1) is 5.56 Å². The van der Waals surface area contributed by atoms with E-state index in [1.54, 1.807) is 6.20 Å². The van der Waals surface area contributed by atoms with Crippen molar-refractivity contribution in [1.29, 1.82) is 0 Å². The molecule has 5 nitrogen and oxygen atoms in total. The maximum atomic E-state index is 12.8. The number of aromatic nitrogens is 1. The fourth-order valence-corrected chi connectivity index (χ4v) is 4.05. The Labute approximate surface area is 177 Å². The number of hydrogen-bond donors (Lipinski definition) is 2. The van der Waals surface area contributed by atoms with Gasteiger partial charge in [-0.05, 0) is 55.0 Å². The maximum Gasteiger partial charge on any atom is 0.255 e. The van der Waals surface area contributed by atoms with Crippen LogP contribution in [0.4, 0.5) is 0 Å². The molecule has 1 aromatic heterocycles. The number of piperidine rings is 1. The Morgan fingerprint density at radius 2 is 1.77 bits per heavy atom. The van der Waals surface area contributed by atoms with E-state index < -0.39 is 0 Å². The minimum Gasteiger partial charge on any atom is -0.365 e. The van der Waals surface area contributed by atoms with Crippen LogP contribution in [0.5, 0.6) is 0 Å². The third kappa shape index (κ3) is 4.46. The molecule has 1 aliphatic heterocycles. The lowest BCUT2D eigenvalue weighted by Crippen LogP contribution is -2.43. The zero-order valence-electron chi connectivity index (χ0n) is 17.2. The summed E-state index contributed by atoms with van der Waals surface area (Å²) in [5.41, 5.74) is 4.51. The molecule has 30 heavy (non-hydrogen) atoms. The second-order valence-corrected chi connectivity index (χ2v) is 7.93. The molecule has 1 saturated heterocycles. The van der Waals surface area contributed by atoms with Gasteiger partial charge in [-0.1, -0.05) is 42.5 Å². The summed E-state index contributed by atoms with van der Waals surface area (Å²) < 4.78 is 0. The van der Waals surface area contributed by atoms with Gasteiger partial charge in [0.15, 0.2) is 0 Å². The van der Waals surface area contributed by atoms with Gasteiger partial charge in [-0.2, -0.15) is 0 Å². The molecular formula is C25H27N3O2. The lowest BCUT2D eigenvalue weighted by Gasteiger charge is -2.33. The Morgan fingerprint density at radius 3 is 2.47 bits per heavy atom. The fourth-order valence-electron chi connectivity index (χ4n) is 4.05. The smallest absolute Gasteiger partial charge is 0.255 e. The minimum absolute atomic E-state index is 0.0699. The van der Waals surface area contributed by atoms with Crippen molar-refractivity contribution in [3.8, 4) is 11.1 Å². The van der Waals surface area contributed by atoms with Crippen LogP contribution in [0.25, 0.3) is 11.1 Å². The van der Waals surface area contributed by atoms with Gasteiger partial charge >= 0.3 is 0 Å². The van der Waals surface area contributed by atoms with Crippen LogP contribution >= 0.6 is 0 Å². The van der Waals surface area contributed by atoms with Crippen molar-refractivity contribution in [2.24, 2.45) is 5.92 Å². The van der Waals surface area contributed by atoms with E-state index >= 15 is 0 Å². The Bertz CT molecular complexity index is 1010. The first-order valence-corrected chi connectivity index (χ1v) is 10.5. The van der Waals surface area contributed by atoms with Crippen LogP contribution in [-0.4, -0.2) is 41.3 Å². The predicted octanol–water partition coefficient (Wildman–Crippen LogP) is 4.27. The second-order valence-electron chi connectivity index (χ2n) is 7.93. The van der Waals surface area contributed by atoms with E-state index in [4.69, 9.17) is 0 Å². The Kier molecular flexibility index (Phi) is 5.98. The number of carbonyl (C=O) groups excluding carboxylic acids is 2. The number of hydrogen-bond acceptors (Lipinski definition) is 2.